The fourth-order valence-corrected chi connectivity index (χ4v) is 1.48. The molecule has 2 aromatic heterocycles. The van der Waals surface area contributed by atoms with Crippen molar-refractivity contribution in [2.24, 2.45) is 5.92 Å². The molecular weight excluding hydrogens is 196 g/mol. The van der Waals surface area contributed by atoms with Crippen molar-refractivity contribution in [1.82, 2.24) is 19.6 Å². The van der Waals surface area contributed by atoms with E-state index in [4.69, 9.17) is 0 Å². The van der Waals surface area contributed by atoms with Gasteiger partial charge in [-0.3, -0.25) is 9.78 Å². The van der Waals surface area contributed by atoms with Crippen LogP contribution in [0.25, 0.3) is 5.52 Å². The van der Waals surface area contributed by atoms with E-state index in [-0.39, 0.29) is 0 Å². The van der Waals surface area contributed by atoms with Gasteiger partial charge in [-0.1, -0.05) is 13.8 Å². The molecule has 0 spiro atoms. The SMILES string of the molecule is CC(C)Cc1ncc2c(=O)[nH]c(=O)[nH]n12. The molecule has 0 unspecified atom stereocenters. The van der Waals surface area contributed by atoms with Gasteiger partial charge in [0, 0.05) is 6.42 Å². The Bertz CT molecular complexity index is 590. The molecule has 2 N–H and O–H groups in total. The lowest BCUT2D eigenvalue weighted by molar-refractivity contribution is 0.604. The fraction of sp³-hybridized carbons (Fsp3) is 0.444. The van der Waals surface area contributed by atoms with E-state index in [1.807, 2.05) is 13.8 Å². The zero-order chi connectivity index (χ0) is 11.0. The molecule has 0 atom stereocenters. The first-order chi connectivity index (χ1) is 7.08. The minimum absolute atomic E-state index is 0.366. The topological polar surface area (TPSA) is 83.0 Å². The van der Waals surface area contributed by atoms with Crippen molar-refractivity contribution < 1.29 is 0 Å². The van der Waals surface area contributed by atoms with E-state index in [2.05, 4.69) is 15.1 Å². The first kappa shape index (κ1) is 9.70. The van der Waals surface area contributed by atoms with Crippen LogP contribution in [0.5, 0.6) is 0 Å². The van der Waals surface area contributed by atoms with E-state index in [0.717, 1.165) is 0 Å². The Morgan fingerprint density at radius 1 is 1.47 bits per heavy atom. The average molecular weight is 208 g/mol. The van der Waals surface area contributed by atoms with E-state index in [9.17, 15) is 9.59 Å². The maximum atomic E-state index is 11.4. The van der Waals surface area contributed by atoms with E-state index in [1.165, 1.54) is 10.7 Å². The Morgan fingerprint density at radius 3 is 2.87 bits per heavy atom. The third-order valence-electron chi connectivity index (χ3n) is 2.10. The standard InChI is InChI=1S/C9H12N4O2/c1-5(2)3-7-10-4-6-8(14)11-9(15)12-13(6)7/h4-5H,3H2,1-2H3,(H2,11,12,14,15). The van der Waals surface area contributed by atoms with Gasteiger partial charge in [-0.05, 0) is 5.92 Å². The Kier molecular flexibility index (Phi) is 2.18. The van der Waals surface area contributed by atoms with Crippen LogP contribution in [-0.2, 0) is 6.42 Å². The average Bonchev–Trinajstić information content (AvgIpc) is 2.48. The molecule has 2 rings (SSSR count). The van der Waals surface area contributed by atoms with Crippen LogP contribution in [0.15, 0.2) is 15.8 Å². The van der Waals surface area contributed by atoms with Gasteiger partial charge in [-0.15, -0.1) is 0 Å². The van der Waals surface area contributed by atoms with Gasteiger partial charge in [0.25, 0.3) is 5.56 Å². The first-order valence-electron chi connectivity index (χ1n) is 4.77. The molecule has 6 heteroatoms. The quantitative estimate of drug-likeness (QED) is 0.723. The van der Waals surface area contributed by atoms with Gasteiger partial charge in [-0.25, -0.2) is 19.4 Å². The monoisotopic (exact) mass is 208 g/mol. The molecule has 0 aliphatic rings. The molecule has 0 aromatic carbocycles. The van der Waals surface area contributed by atoms with Crippen molar-refractivity contribution in [3.63, 3.8) is 0 Å². The zero-order valence-electron chi connectivity index (χ0n) is 8.57. The van der Waals surface area contributed by atoms with Crippen molar-refractivity contribution in [3.05, 3.63) is 32.9 Å². The van der Waals surface area contributed by atoms with Gasteiger partial charge in [0.15, 0.2) is 0 Å². The van der Waals surface area contributed by atoms with Crippen LogP contribution in [-0.4, -0.2) is 19.6 Å². The van der Waals surface area contributed by atoms with Crippen molar-refractivity contribution >= 4 is 5.52 Å². The number of rotatable bonds is 2. The van der Waals surface area contributed by atoms with Gasteiger partial charge in [-0.2, -0.15) is 0 Å². The molecule has 0 saturated heterocycles. The molecule has 0 saturated carbocycles. The highest BCUT2D eigenvalue weighted by atomic mass is 16.2. The Hall–Kier alpha value is -1.85. The van der Waals surface area contributed by atoms with Crippen LogP contribution in [0, 0.1) is 5.92 Å². The molecule has 2 aromatic rings. The Balaban J connectivity index is 2.69. The predicted octanol–water partition coefficient (Wildman–Crippen LogP) is -0.0906. The molecule has 15 heavy (non-hydrogen) atoms. The number of fused-ring (bicyclic) bond motifs is 1. The first-order valence-corrected chi connectivity index (χ1v) is 4.77. The lowest BCUT2D eigenvalue weighted by Gasteiger charge is -2.02. The van der Waals surface area contributed by atoms with Gasteiger partial charge in [0.2, 0.25) is 0 Å². The van der Waals surface area contributed by atoms with Gasteiger partial charge in [0.05, 0.1) is 6.20 Å². The summed E-state index contributed by atoms with van der Waals surface area (Å²) in [5, 5.41) is 2.53. The number of aromatic nitrogens is 4. The number of hydrogen-bond donors (Lipinski definition) is 2. The van der Waals surface area contributed by atoms with Crippen LogP contribution in [0.1, 0.15) is 19.7 Å². The Morgan fingerprint density at radius 2 is 2.20 bits per heavy atom. The number of nitrogens with one attached hydrogen (secondary N) is 2. The third-order valence-corrected chi connectivity index (χ3v) is 2.10. The fourth-order valence-electron chi connectivity index (χ4n) is 1.48. The summed E-state index contributed by atoms with van der Waals surface area (Å²) in [6.07, 6.45) is 2.18. The summed E-state index contributed by atoms with van der Waals surface area (Å²) in [6.45, 7) is 4.10. The summed E-state index contributed by atoms with van der Waals surface area (Å²) in [7, 11) is 0. The molecule has 0 aliphatic carbocycles. The lowest BCUT2D eigenvalue weighted by Crippen LogP contribution is -2.26. The molecule has 0 amide bonds. The van der Waals surface area contributed by atoms with Gasteiger partial charge < -0.3 is 0 Å². The molecule has 0 aliphatic heterocycles. The van der Waals surface area contributed by atoms with Crippen LogP contribution >= 0.6 is 0 Å². The maximum Gasteiger partial charge on any atom is 0.340 e. The highest BCUT2D eigenvalue weighted by molar-refractivity contribution is 5.41. The minimum atomic E-state index is -0.518. The van der Waals surface area contributed by atoms with E-state index in [0.29, 0.717) is 23.7 Å². The second-order valence-corrected chi connectivity index (χ2v) is 3.89. The Labute approximate surface area is 85.0 Å². The molecule has 0 radical (unpaired) electrons. The zero-order valence-corrected chi connectivity index (χ0v) is 8.57. The second-order valence-electron chi connectivity index (χ2n) is 3.89. The van der Waals surface area contributed by atoms with Crippen LogP contribution < -0.4 is 11.2 Å². The molecule has 6 nitrogen and oxygen atoms in total. The summed E-state index contributed by atoms with van der Waals surface area (Å²) in [6, 6.07) is 0. The molecule has 0 fully saturated rings. The number of aromatic amines is 2. The van der Waals surface area contributed by atoms with Crippen LogP contribution in [0.3, 0.4) is 0 Å². The summed E-state index contributed by atoms with van der Waals surface area (Å²) in [5.74, 6) is 1.11. The number of H-pyrrole nitrogens is 2. The van der Waals surface area contributed by atoms with Crippen molar-refractivity contribution in [1.29, 1.82) is 0 Å². The van der Waals surface area contributed by atoms with Crippen LogP contribution in [0.4, 0.5) is 0 Å². The predicted molar refractivity (Wildman–Crippen MR) is 55.0 cm³/mol. The molecule has 2 heterocycles. The molecule has 80 valence electrons. The van der Waals surface area contributed by atoms with Crippen molar-refractivity contribution in [2.45, 2.75) is 20.3 Å². The largest absolute Gasteiger partial charge is 0.340 e. The smallest absolute Gasteiger partial charge is 0.271 e. The summed E-state index contributed by atoms with van der Waals surface area (Å²) in [5.41, 5.74) is -0.568. The highest BCUT2D eigenvalue weighted by Gasteiger charge is 2.08. The third kappa shape index (κ3) is 1.70. The van der Waals surface area contributed by atoms with Crippen molar-refractivity contribution in [2.75, 3.05) is 0 Å². The van der Waals surface area contributed by atoms with Gasteiger partial charge >= 0.3 is 5.69 Å². The summed E-state index contributed by atoms with van der Waals surface area (Å²) < 4.78 is 1.45. The lowest BCUT2D eigenvalue weighted by atomic mass is 10.1. The van der Waals surface area contributed by atoms with E-state index >= 15 is 0 Å². The molecule has 0 bridgehead atoms. The number of hydrogen-bond acceptors (Lipinski definition) is 3. The van der Waals surface area contributed by atoms with Crippen molar-refractivity contribution in [3.8, 4) is 0 Å². The second kappa shape index (κ2) is 3.38. The summed E-state index contributed by atoms with van der Waals surface area (Å²) >= 11 is 0. The van der Waals surface area contributed by atoms with Gasteiger partial charge in [0.1, 0.15) is 11.3 Å². The minimum Gasteiger partial charge on any atom is -0.271 e. The number of nitrogens with zero attached hydrogens (tertiary/aromatic N) is 2. The van der Waals surface area contributed by atoms with E-state index < -0.39 is 11.2 Å². The number of imidazole rings is 1. The summed E-state index contributed by atoms with van der Waals surface area (Å²) in [4.78, 5) is 28.7. The normalized spacial score (nSPS) is 11.4. The van der Waals surface area contributed by atoms with E-state index in [1.54, 1.807) is 0 Å². The van der Waals surface area contributed by atoms with Crippen LogP contribution in [0.2, 0.25) is 0 Å². The maximum absolute atomic E-state index is 11.4. The molecular formula is C9H12N4O2. The highest BCUT2D eigenvalue weighted by Crippen LogP contribution is 2.05.